The van der Waals surface area contributed by atoms with Crippen LogP contribution in [-0.2, 0) is 20.9 Å². The molecule has 7 N–H and O–H groups in total. The summed E-state index contributed by atoms with van der Waals surface area (Å²) in [5.74, 6) is -0.295. The first-order valence-corrected chi connectivity index (χ1v) is 11.6. The molecule has 0 fully saturated rings. The maximum absolute atomic E-state index is 11.6. The molecule has 0 aromatic heterocycles. The fourth-order valence-electron chi connectivity index (χ4n) is 2.26. The monoisotopic (exact) mass is 497 g/mol. The molecule has 0 radical (unpaired) electrons. The second-order valence-electron chi connectivity index (χ2n) is 8.58. The van der Waals surface area contributed by atoms with Gasteiger partial charge in [-0.25, -0.2) is 9.59 Å². The van der Waals surface area contributed by atoms with E-state index in [9.17, 15) is 19.2 Å². The van der Waals surface area contributed by atoms with Crippen LogP contribution < -0.4 is 27.0 Å². The first-order valence-electron chi connectivity index (χ1n) is 11.6. The lowest BCUT2D eigenvalue weighted by Crippen LogP contribution is -2.42. The molecule has 5 amide bonds. The van der Waals surface area contributed by atoms with Gasteiger partial charge in [-0.2, -0.15) is 0 Å². The Hall–Kier alpha value is -3.34. The van der Waals surface area contributed by atoms with Crippen molar-refractivity contribution in [1.29, 1.82) is 0 Å². The van der Waals surface area contributed by atoms with Gasteiger partial charge in [-0.05, 0) is 58.2 Å². The Morgan fingerprint density at radius 1 is 1.11 bits per heavy atom. The van der Waals surface area contributed by atoms with Crippen LogP contribution in [-0.4, -0.2) is 54.3 Å². The molecule has 200 valence electrons. The number of rotatable bonds is 10. The van der Waals surface area contributed by atoms with Crippen molar-refractivity contribution in [2.75, 3.05) is 18.4 Å². The molecule has 1 aromatic rings. The van der Waals surface area contributed by atoms with Crippen molar-refractivity contribution >= 4 is 30.1 Å². The maximum Gasteiger partial charge on any atom is 0.408 e. The largest absolute Gasteiger partial charge is 0.444 e. The van der Waals surface area contributed by atoms with E-state index in [1.165, 1.54) is 6.42 Å². The zero-order valence-corrected chi connectivity index (χ0v) is 21.8. The van der Waals surface area contributed by atoms with Crippen molar-refractivity contribution < 1.29 is 29.0 Å². The second-order valence-corrected chi connectivity index (χ2v) is 8.58. The van der Waals surface area contributed by atoms with Crippen LogP contribution in [0.2, 0.25) is 0 Å². The third-order valence-electron chi connectivity index (χ3n) is 3.67. The van der Waals surface area contributed by atoms with Crippen molar-refractivity contribution in [1.82, 2.24) is 16.0 Å². The number of nitrogens with two attached hydrogens (primary N) is 1. The van der Waals surface area contributed by atoms with E-state index in [1.54, 1.807) is 45.0 Å². The quantitative estimate of drug-likeness (QED) is 0.214. The highest BCUT2D eigenvalue weighted by molar-refractivity contribution is 5.82. The van der Waals surface area contributed by atoms with Crippen LogP contribution in [0.25, 0.3) is 0 Å². The minimum absolute atomic E-state index is 0.0291. The van der Waals surface area contributed by atoms with Gasteiger partial charge in [0.1, 0.15) is 12.1 Å². The zero-order chi connectivity index (χ0) is 27.3. The molecule has 1 atom stereocenters. The summed E-state index contributed by atoms with van der Waals surface area (Å²) in [4.78, 5) is 43.4. The fraction of sp³-hybridized carbons (Fsp3) is 0.583. The van der Waals surface area contributed by atoms with Crippen molar-refractivity contribution in [3.63, 3.8) is 0 Å². The molecule has 1 unspecified atom stereocenters. The van der Waals surface area contributed by atoms with Crippen LogP contribution >= 0.6 is 0 Å². The summed E-state index contributed by atoms with van der Waals surface area (Å²) in [6.07, 6.45) is 2.63. The Morgan fingerprint density at radius 3 is 2.14 bits per heavy atom. The van der Waals surface area contributed by atoms with Crippen molar-refractivity contribution in [2.24, 2.45) is 5.73 Å². The summed E-state index contributed by atoms with van der Waals surface area (Å²) in [5.41, 5.74) is 5.90. The van der Waals surface area contributed by atoms with E-state index < -0.39 is 17.7 Å². The summed E-state index contributed by atoms with van der Waals surface area (Å²) in [7, 11) is 0. The standard InChI is InChI=1S/C13H26N4O4.C8H9NO2.C3H8/c1-9(6-5-7-15-11(14)19)17-10(18)8-16-12(20)21-13(2,3)4;10-5-7-1-3-8(4-2-7)9-6-11;1-3-2/h9H,5-8H2,1-4H3,(H,16,20)(H,17,18)(H3,14,15,19);1-4,6,10H,5H2,(H,9,11);3H2,1-2H3. The van der Waals surface area contributed by atoms with E-state index in [-0.39, 0.29) is 25.1 Å². The number of hydrogen-bond acceptors (Lipinski definition) is 6. The van der Waals surface area contributed by atoms with Gasteiger partial charge in [-0.15, -0.1) is 0 Å². The summed E-state index contributed by atoms with van der Waals surface area (Å²) in [6.45, 7) is 11.7. The molecular weight excluding hydrogens is 454 g/mol. The van der Waals surface area contributed by atoms with Crippen LogP contribution in [0, 0.1) is 0 Å². The van der Waals surface area contributed by atoms with E-state index in [1.807, 2.05) is 6.92 Å². The van der Waals surface area contributed by atoms with Crippen molar-refractivity contribution in [3.05, 3.63) is 29.8 Å². The van der Waals surface area contributed by atoms with Crippen LogP contribution in [0.15, 0.2) is 24.3 Å². The fourth-order valence-corrected chi connectivity index (χ4v) is 2.26. The smallest absolute Gasteiger partial charge is 0.408 e. The Kier molecular flexibility index (Phi) is 19.4. The summed E-state index contributed by atoms with van der Waals surface area (Å²) in [5, 5.41) is 18.7. The lowest BCUT2D eigenvalue weighted by molar-refractivity contribution is -0.120. The molecule has 0 saturated heterocycles. The van der Waals surface area contributed by atoms with Crippen LogP contribution in [0.5, 0.6) is 0 Å². The number of aliphatic hydroxyl groups is 1. The highest BCUT2D eigenvalue weighted by Crippen LogP contribution is 2.08. The lowest BCUT2D eigenvalue weighted by atomic mass is 10.2. The van der Waals surface area contributed by atoms with E-state index in [0.29, 0.717) is 25.8 Å². The molecule has 1 rings (SSSR count). The van der Waals surface area contributed by atoms with Gasteiger partial charge in [-0.3, -0.25) is 9.59 Å². The topological polar surface area (TPSA) is 172 Å². The van der Waals surface area contributed by atoms with Gasteiger partial charge in [0.25, 0.3) is 0 Å². The maximum atomic E-state index is 11.6. The number of hydrogen-bond donors (Lipinski definition) is 6. The highest BCUT2D eigenvalue weighted by atomic mass is 16.6. The third-order valence-corrected chi connectivity index (χ3v) is 3.67. The predicted molar refractivity (Wildman–Crippen MR) is 137 cm³/mol. The number of aliphatic hydroxyl groups excluding tert-OH is 1. The van der Waals surface area contributed by atoms with Gasteiger partial charge < -0.3 is 36.8 Å². The summed E-state index contributed by atoms with van der Waals surface area (Å²) < 4.78 is 5.01. The average molecular weight is 498 g/mol. The minimum atomic E-state index is -0.629. The SMILES string of the molecule is CC(CCCNC(N)=O)NC(=O)CNC(=O)OC(C)(C)C.CCC.O=CNc1ccc(CO)cc1. The van der Waals surface area contributed by atoms with E-state index in [4.69, 9.17) is 15.6 Å². The van der Waals surface area contributed by atoms with Gasteiger partial charge in [-0.1, -0.05) is 32.4 Å². The number of carbonyl (C=O) groups is 4. The molecule has 1 aromatic carbocycles. The summed E-state index contributed by atoms with van der Waals surface area (Å²) in [6, 6.07) is 6.36. The number of nitrogens with one attached hydrogen (secondary N) is 4. The lowest BCUT2D eigenvalue weighted by Gasteiger charge is -2.20. The molecule has 0 heterocycles. The van der Waals surface area contributed by atoms with Gasteiger partial charge >= 0.3 is 12.1 Å². The van der Waals surface area contributed by atoms with Gasteiger partial charge in [0.05, 0.1) is 6.61 Å². The number of anilines is 1. The average Bonchev–Trinajstić information content (AvgIpc) is 2.76. The first-order chi connectivity index (χ1) is 16.4. The molecule has 0 aliphatic heterocycles. The zero-order valence-electron chi connectivity index (χ0n) is 21.8. The molecule has 0 spiro atoms. The van der Waals surface area contributed by atoms with Crippen LogP contribution in [0.3, 0.4) is 0 Å². The minimum Gasteiger partial charge on any atom is -0.444 e. The number of primary amides is 1. The molecule has 0 bridgehead atoms. The number of urea groups is 1. The first kappa shape index (κ1) is 33.8. The number of carbonyl (C=O) groups excluding carboxylic acids is 4. The van der Waals surface area contributed by atoms with E-state index >= 15 is 0 Å². The van der Waals surface area contributed by atoms with Crippen molar-refractivity contribution in [2.45, 2.75) is 79.1 Å². The molecule has 11 nitrogen and oxygen atoms in total. The predicted octanol–water partition coefficient (Wildman–Crippen LogP) is 2.63. The molecule has 0 aliphatic rings. The second kappa shape index (κ2) is 20.1. The molecular formula is C24H43N5O6. The van der Waals surface area contributed by atoms with Crippen molar-refractivity contribution in [3.8, 4) is 0 Å². The normalized spacial score (nSPS) is 10.7. The Balaban J connectivity index is 0. The Labute approximate surface area is 208 Å². The highest BCUT2D eigenvalue weighted by Gasteiger charge is 2.17. The summed E-state index contributed by atoms with van der Waals surface area (Å²) >= 11 is 0. The molecule has 35 heavy (non-hydrogen) atoms. The number of ether oxygens (including phenoxy) is 1. The van der Waals surface area contributed by atoms with Gasteiger partial charge in [0.15, 0.2) is 0 Å². The van der Waals surface area contributed by atoms with E-state index in [2.05, 4.69) is 35.1 Å². The molecule has 0 aliphatic carbocycles. The number of amides is 5. The number of alkyl carbamates (subject to hydrolysis) is 1. The van der Waals surface area contributed by atoms with Crippen LogP contribution in [0.1, 0.15) is 66.4 Å². The number of benzene rings is 1. The Bertz CT molecular complexity index is 735. The van der Waals surface area contributed by atoms with Crippen LogP contribution in [0.4, 0.5) is 15.3 Å². The third kappa shape index (κ3) is 23.6. The molecule has 0 saturated carbocycles. The van der Waals surface area contributed by atoms with Gasteiger partial charge in [0, 0.05) is 18.3 Å². The van der Waals surface area contributed by atoms with Gasteiger partial charge in [0.2, 0.25) is 12.3 Å². The Morgan fingerprint density at radius 2 is 1.69 bits per heavy atom. The van der Waals surface area contributed by atoms with E-state index in [0.717, 1.165) is 11.3 Å². The molecule has 11 heteroatoms.